The molecular formula is C8H14F2N2. The predicted octanol–water partition coefficient (Wildman–Crippen LogP) is 1.81. The van der Waals surface area contributed by atoms with Crippen molar-refractivity contribution in [3.8, 4) is 0 Å². The molecule has 0 aliphatic carbocycles. The number of alkyl halides is 2. The van der Waals surface area contributed by atoms with Crippen LogP contribution in [0, 0.1) is 0 Å². The Morgan fingerprint density at radius 2 is 2.17 bits per heavy atom. The van der Waals surface area contributed by atoms with Crippen LogP contribution in [0.1, 0.15) is 25.7 Å². The third-order valence-electron chi connectivity index (χ3n) is 1.83. The van der Waals surface area contributed by atoms with Gasteiger partial charge >= 0.3 is 0 Å². The van der Waals surface area contributed by atoms with Crippen molar-refractivity contribution in [1.82, 2.24) is 5.32 Å². The van der Waals surface area contributed by atoms with Crippen LogP contribution in [0.15, 0.2) is 4.99 Å². The van der Waals surface area contributed by atoms with Crippen LogP contribution in [0.2, 0.25) is 0 Å². The zero-order valence-corrected chi connectivity index (χ0v) is 7.02. The fourth-order valence-electron chi connectivity index (χ4n) is 1.21. The Labute approximate surface area is 71.1 Å². The second-order valence-electron chi connectivity index (χ2n) is 2.91. The highest BCUT2D eigenvalue weighted by Crippen LogP contribution is 2.06. The van der Waals surface area contributed by atoms with E-state index in [1.165, 1.54) is 0 Å². The Hall–Kier alpha value is -0.670. The van der Waals surface area contributed by atoms with E-state index in [4.69, 9.17) is 0 Å². The van der Waals surface area contributed by atoms with Gasteiger partial charge < -0.3 is 5.32 Å². The van der Waals surface area contributed by atoms with Crippen LogP contribution in [0.25, 0.3) is 0 Å². The van der Waals surface area contributed by atoms with Gasteiger partial charge in [-0.2, -0.15) is 0 Å². The molecule has 0 aromatic carbocycles. The van der Waals surface area contributed by atoms with Crippen molar-refractivity contribution in [2.75, 3.05) is 13.1 Å². The van der Waals surface area contributed by atoms with Crippen molar-refractivity contribution in [2.24, 2.45) is 4.99 Å². The Kier molecular flexibility index (Phi) is 3.97. The summed E-state index contributed by atoms with van der Waals surface area (Å²) in [5.74, 6) is 0.757. The molecule has 70 valence electrons. The number of hydrogen-bond acceptors (Lipinski definition) is 2. The van der Waals surface area contributed by atoms with Gasteiger partial charge in [0.15, 0.2) is 0 Å². The molecule has 0 bridgehead atoms. The monoisotopic (exact) mass is 176 g/mol. The molecule has 1 heterocycles. The molecule has 0 spiro atoms. The average Bonchev–Trinajstić information content (AvgIpc) is 2.28. The Morgan fingerprint density at radius 3 is 2.92 bits per heavy atom. The minimum Gasteiger partial charge on any atom is -0.368 e. The first-order valence-electron chi connectivity index (χ1n) is 4.34. The second-order valence-corrected chi connectivity index (χ2v) is 2.91. The Bertz CT molecular complexity index is 157. The van der Waals surface area contributed by atoms with Gasteiger partial charge in [-0.25, -0.2) is 8.78 Å². The molecule has 1 aliphatic rings. The van der Waals surface area contributed by atoms with Crippen molar-refractivity contribution in [3.05, 3.63) is 0 Å². The van der Waals surface area contributed by atoms with Gasteiger partial charge in [0.05, 0.1) is 12.4 Å². The Morgan fingerprint density at radius 1 is 1.33 bits per heavy atom. The lowest BCUT2D eigenvalue weighted by Gasteiger charge is -2.06. The predicted molar refractivity (Wildman–Crippen MR) is 44.8 cm³/mol. The molecule has 4 heteroatoms. The lowest BCUT2D eigenvalue weighted by atomic mass is 10.2. The van der Waals surface area contributed by atoms with Gasteiger partial charge in [0, 0.05) is 13.0 Å². The summed E-state index contributed by atoms with van der Waals surface area (Å²) in [6.45, 7) is 0.518. The van der Waals surface area contributed by atoms with Crippen LogP contribution in [0.4, 0.5) is 8.78 Å². The standard InChI is InChI=1S/C8H14F2N2/c9-7(10)6-12-8-4-2-1-3-5-11-8/h7H,1-6H2,(H,11,12). The van der Waals surface area contributed by atoms with E-state index in [0.29, 0.717) is 0 Å². The first-order chi connectivity index (χ1) is 5.79. The van der Waals surface area contributed by atoms with E-state index in [1.807, 2.05) is 0 Å². The summed E-state index contributed by atoms with van der Waals surface area (Å²) in [5, 5.41) is 2.66. The van der Waals surface area contributed by atoms with Crippen LogP contribution >= 0.6 is 0 Å². The maximum atomic E-state index is 11.8. The molecule has 1 rings (SSSR count). The molecule has 1 N–H and O–H groups in total. The minimum absolute atomic E-state index is 0.265. The van der Waals surface area contributed by atoms with Crippen LogP contribution < -0.4 is 5.32 Å². The first-order valence-corrected chi connectivity index (χ1v) is 4.34. The molecule has 1 aliphatic heterocycles. The summed E-state index contributed by atoms with van der Waals surface area (Å²) in [7, 11) is 0. The molecule has 0 aromatic rings. The summed E-state index contributed by atoms with van der Waals surface area (Å²) < 4.78 is 23.5. The molecule has 0 atom stereocenters. The quantitative estimate of drug-likeness (QED) is 0.681. The highest BCUT2D eigenvalue weighted by atomic mass is 19.3. The number of halogens is 2. The first kappa shape index (κ1) is 9.42. The zero-order valence-electron chi connectivity index (χ0n) is 7.02. The van der Waals surface area contributed by atoms with Gasteiger partial charge in [0.25, 0.3) is 6.43 Å². The highest BCUT2D eigenvalue weighted by molar-refractivity contribution is 5.82. The number of nitrogens with one attached hydrogen (secondary N) is 1. The van der Waals surface area contributed by atoms with Crippen molar-refractivity contribution in [3.63, 3.8) is 0 Å². The SMILES string of the molecule is FC(F)CNC1=NCCCCC1. The second kappa shape index (κ2) is 5.06. The highest BCUT2D eigenvalue weighted by Gasteiger charge is 2.06. The van der Waals surface area contributed by atoms with Gasteiger partial charge in [-0.3, -0.25) is 4.99 Å². The number of rotatable bonds is 2. The number of amidine groups is 1. The maximum absolute atomic E-state index is 11.8. The maximum Gasteiger partial charge on any atom is 0.255 e. The largest absolute Gasteiger partial charge is 0.368 e. The summed E-state index contributed by atoms with van der Waals surface area (Å²) in [5.41, 5.74) is 0. The van der Waals surface area contributed by atoms with Crippen molar-refractivity contribution < 1.29 is 8.78 Å². The van der Waals surface area contributed by atoms with E-state index < -0.39 is 6.43 Å². The molecule has 0 amide bonds. The third-order valence-corrected chi connectivity index (χ3v) is 1.83. The van der Waals surface area contributed by atoms with Gasteiger partial charge in [0.1, 0.15) is 0 Å². The number of aliphatic imine (C=N–C) groups is 1. The van der Waals surface area contributed by atoms with E-state index >= 15 is 0 Å². The lowest BCUT2D eigenvalue weighted by Crippen LogP contribution is -2.28. The molecule has 0 aromatic heterocycles. The zero-order chi connectivity index (χ0) is 8.81. The molecule has 0 unspecified atom stereocenters. The normalized spacial score (nSPS) is 18.8. The summed E-state index contributed by atoms with van der Waals surface area (Å²) in [6, 6.07) is 0. The lowest BCUT2D eigenvalue weighted by molar-refractivity contribution is 0.152. The van der Waals surface area contributed by atoms with E-state index in [1.54, 1.807) is 0 Å². The van der Waals surface area contributed by atoms with Crippen LogP contribution in [0.5, 0.6) is 0 Å². The van der Waals surface area contributed by atoms with Gasteiger partial charge in [-0.1, -0.05) is 6.42 Å². The van der Waals surface area contributed by atoms with Crippen LogP contribution in [-0.4, -0.2) is 25.4 Å². The molecule has 0 saturated carbocycles. The van der Waals surface area contributed by atoms with E-state index in [2.05, 4.69) is 10.3 Å². The fourth-order valence-corrected chi connectivity index (χ4v) is 1.21. The molecule has 0 fully saturated rings. The Balaban J connectivity index is 2.24. The summed E-state index contributed by atoms with van der Waals surface area (Å²) in [4.78, 5) is 4.17. The van der Waals surface area contributed by atoms with E-state index in [-0.39, 0.29) is 6.54 Å². The van der Waals surface area contributed by atoms with Crippen molar-refractivity contribution >= 4 is 5.84 Å². The molecule has 0 radical (unpaired) electrons. The van der Waals surface area contributed by atoms with Crippen molar-refractivity contribution in [1.29, 1.82) is 0 Å². The average molecular weight is 176 g/mol. The summed E-state index contributed by atoms with van der Waals surface area (Å²) in [6.07, 6.45) is 1.85. The molecule has 2 nitrogen and oxygen atoms in total. The van der Waals surface area contributed by atoms with Crippen LogP contribution in [-0.2, 0) is 0 Å². The molecular weight excluding hydrogens is 162 g/mol. The smallest absolute Gasteiger partial charge is 0.255 e. The van der Waals surface area contributed by atoms with Gasteiger partial charge in [0.2, 0.25) is 0 Å². The summed E-state index contributed by atoms with van der Waals surface area (Å²) >= 11 is 0. The van der Waals surface area contributed by atoms with E-state index in [0.717, 1.165) is 38.1 Å². The van der Waals surface area contributed by atoms with Gasteiger partial charge in [-0.05, 0) is 12.8 Å². The minimum atomic E-state index is -2.28. The fraction of sp³-hybridized carbons (Fsp3) is 0.875. The molecule has 12 heavy (non-hydrogen) atoms. The van der Waals surface area contributed by atoms with Gasteiger partial charge in [-0.15, -0.1) is 0 Å². The third kappa shape index (κ3) is 3.64. The van der Waals surface area contributed by atoms with Crippen LogP contribution in [0.3, 0.4) is 0 Å². The van der Waals surface area contributed by atoms with E-state index in [9.17, 15) is 8.78 Å². The number of hydrogen-bond donors (Lipinski definition) is 1. The van der Waals surface area contributed by atoms with Crippen molar-refractivity contribution in [2.45, 2.75) is 32.1 Å². The number of nitrogens with zero attached hydrogens (tertiary/aromatic N) is 1. The topological polar surface area (TPSA) is 24.4 Å². The molecule has 0 saturated heterocycles.